The van der Waals surface area contributed by atoms with Crippen molar-refractivity contribution in [3.8, 4) is 0 Å². The first-order valence-corrected chi connectivity index (χ1v) is 12.3. The van der Waals surface area contributed by atoms with Crippen LogP contribution in [0.2, 0.25) is 0 Å². The molecule has 0 aliphatic carbocycles. The molecule has 2 aliphatic heterocycles. The zero-order chi connectivity index (χ0) is 32.7. The van der Waals surface area contributed by atoms with E-state index < -0.39 is 122 Å². The van der Waals surface area contributed by atoms with Gasteiger partial charge in [-0.2, -0.15) is 0 Å². The van der Waals surface area contributed by atoms with Crippen LogP contribution in [0, 0.1) is 0 Å². The van der Waals surface area contributed by atoms with Crippen LogP contribution in [0.5, 0.6) is 0 Å². The van der Waals surface area contributed by atoms with Crippen molar-refractivity contribution in [1.29, 1.82) is 0 Å². The zero-order valence-electron chi connectivity index (χ0n) is 24.3. The largest absolute Gasteiger partial charge is 1.00 e. The number of amides is 2. The summed E-state index contributed by atoms with van der Waals surface area (Å²) in [7, 11) is 0. The van der Waals surface area contributed by atoms with E-state index >= 15 is 0 Å². The molecule has 0 bridgehead atoms. The molecule has 0 unspecified atom stereocenters. The third-order valence-electron chi connectivity index (χ3n) is 6.38. The number of ether oxygens (including phenoxy) is 2. The summed E-state index contributed by atoms with van der Waals surface area (Å²) in [6.45, 7) is 0.456. The van der Waals surface area contributed by atoms with Crippen LogP contribution in [-0.4, -0.2) is 161 Å². The first kappa shape index (κ1) is 45.5. The van der Waals surface area contributed by atoms with Crippen molar-refractivity contribution in [1.82, 2.24) is 10.6 Å². The summed E-state index contributed by atoms with van der Waals surface area (Å²) in [5.74, 6) is -11.1. The standard InChI is InChI=1S/2C11H19NO9.2Na/c2*1-4(14)12-7-5(15)2-11(20,10(18)19)21-9(7)8(17)6(16)3-13;;/h2*5-9,13,15-17,20H,2-3H2,1H3,(H,12,14)(H,18,19);;/q;;2*+1/p-2/t2*5-,6+,7+,8+,9+,11-;;/m00../s1. The smallest absolute Gasteiger partial charge is 0.544 e. The molecule has 2 fully saturated rings. The first-order chi connectivity index (χ1) is 19.2. The molecule has 0 aromatic heterocycles. The van der Waals surface area contributed by atoms with Gasteiger partial charge in [0.25, 0.3) is 0 Å². The molecule has 12 N–H and O–H groups in total. The average molecular weight is 663 g/mol. The Labute approximate surface area is 294 Å². The number of aliphatic carboxylic acids is 2. The second-order valence-electron chi connectivity index (χ2n) is 9.79. The van der Waals surface area contributed by atoms with Crippen molar-refractivity contribution in [2.45, 2.75) is 99.2 Å². The molecule has 0 spiro atoms. The van der Waals surface area contributed by atoms with Crippen LogP contribution in [0.1, 0.15) is 26.7 Å². The maximum atomic E-state index is 11.1. The van der Waals surface area contributed by atoms with Gasteiger partial charge in [-0.3, -0.25) is 9.59 Å². The van der Waals surface area contributed by atoms with Crippen LogP contribution in [0.4, 0.5) is 0 Å². The van der Waals surface area contributed by atoms with Crippen LogP contribution < -0.4 is 80.0 Å². The van der Waals surface area contributed by atoms with Crippen molar-refractivity contribution in [3.05, 3.63) is 0 Å². The number of nitrogens with one attached hydrogen (secondary N) is 2. The summed E-state index contributed by atoms with van der Waals surface area (Å²) in [6.07, 6.45) is -15.3. The summed E-state index contributed by atoms with van der Waals surface area (Å²) in [4.78, 5) is 44.0. The molecule has 0 aromatic rings. The van der Waals surface area contributed by atoms with Gasteiger partial charge in [-0.05, 0) is 0 Å². The van der Waals surface area contributed by atoms with Gasteiger partial charge < -0.3 is 91.0 Å². The molecular formula is C22H36N2Na2O18. The van der Waals surface area contributed by atoms with Gasteiger partial charge in [0, 0.05) is 26.7 Å². The third kappa shape index (κ3) is 11.9. The number of aliphatic hydroxyl groups is 10. The number of carbonyl (C=O) groups excluding carboxylic acids is 4. The Bertz CT molecular complexity index is 892. The van der Waals surface area contributed by atoms with Gasteiger partial charge in [-0.25, -0.2) is 0 Å². The van der Waals surface area contributed by atoms with Crippen molar-refractivity contribution in [2.75, 3.05) is 13.2 Å². The van der Waals surface area contributed by atoms with E-state index in [9.17, 15) is 70.2 Å². The normalized spacial score (nSPS) is 34.2. The molecule has 12 atom stereocenters. The maximum Gasteiger partial charge on any atom is 1.00 e. The van der Waals surface area contributed by atoms with E-state index in [2.05, 4.69) is 10.6 Å². The SMILES string of the molecule is CC(=O)N[C@H]1[C@H]([C@H](O)[C@H](O)CO)O[C@](O)(C(=O)[O-])C[C@@H]1O.CC(=O)N[C@H]1[C@H]([C@H](O)[C@H](O)CO)O[C@](O)(C(=O)[O-])C[C@@H]1O.[Na+].[Na+]. The van der Waals surface area contributed by atoms with Crippen molar-refractivity contribution in [2.24, 2.45) is 0 Å². The van der Waals surface area contributed by atoms with E-state index in [4.69, 9.17) is 19.7 Å². The number of carbonyl (C=O) groups is 4. The Morgan fingerprint density at radius 1 is 0.727 bits per heavy atom. The fourth-order valence-electron chi connectivity index (χ4n) is 4.26. The van der Waals surface area contributed by atoms with Crippen LogP contribution in [0.3, 0.4) is 0 Å². The summed E-state index contributed by atoms with van der Waals surface area (Å²) < 4.78 is 9.60. The van der Waals surface area contributed by atoms with Gasteiger partial charge in [0.1, 0.15) is 48.6 Å². The van der Waals surface area contributed by atoms with E-state index in [1.54, 1.807) is 0 Å². The molecular weight excluding hydrogens is 626 g/mol. The second kappa shape index (κ2) is 19.3. The summed E-state index contributed by atoms with van der Waals surface area (Å²) in [5, 5.41) is 122. The van der Waals surface area contributed by atoms with E-state index in [1.165, 1.54) is 0 Å². The minimum absolute atomic E-state index is 0. The van der Waals surface area contributed by atoms with Gasteiger partial charge in [-0.1, -0.05) is 0 Å². The Morgan fingerprint density at radius 3 is 1.20 bits per heavy atom. The zero-order valence-corrected chi connectivity index (χ0v) is 28.3. The molecule has 0 radical (unpaired) electrons. The molecule has 22 heteroatoms. The van der Waals surface area contributed by atoms with E-state index in [0.717, 1.165) is 13.8 Å². The van der Waals surface area contributed by atoms with Gasteiger partial charge >= 0.3 is 59.1 Å². The molecule has 2 saturated heterocycles. The molecule has 244 valence electrons. The topological polar surface area (TPSA) is 359 Å². The maximum absolute atomic E-state index is 11.1. The molecule has 2 heterocycles. The van der Waals surface area contributed by atoms with E-state index in [-0.39, 0.29) is 59.1 Å². The number of carboxylic acids is 2. The third-order valence-corrected chi connectivity index (χ3v) is 6.38. The number of rotatable bonds is 10. The van der Waals surface area contributed by atoms with Crippen molar-refractivity contribution < 1.29 is 149 Å². The molecule has 0 saturated carbocycles. The number of hydrogen-bond acceptors (Lipinski definition) is 18. The minimum Gasteiger partial charge on any atom is -0.544 e. The molecule has 20 nitrogen and oxygen atoms in total. The van der Waals surface area contributed by atoms with Crippen molar-refractivity contribution >= 4 is 23.8 Å². The summed E-state index contributed by atoms with van der Waals surface area (Å²) in [5.41, 5.74) is 0. The van der Waals surface area contributed by atoms with Crippen LogP contribution in [-0.2, 0) is 28.7 Å². The average Bonchev–Trinajstić information content (AvgIpc) is 2.89. The molecule has 2 aliphatic rings. The minimum atomic E-state index is -2.89. The van der Waals surface area contributed by atoms with Gasteiger partial charge in [-0.15, -0.1) is 0 Å². The van der Waals surface area contributed by atoms with E-state index in [1.807, 2.05) is 0 Å². The second-order valence-corrected chi connectivity index (χ2v) is 9.79. The van der Waals surface area contributed by atoms with Crippen LogP contribution >= 0.6 is 0 Å². The fourth-order valence-corrected chi connectivity index (χ4v) is 4.26. The molecule has 0 aromatic carbocycles. The monoisotopic (exact) mass is 662 g/mol. The van der Waals surface area contributed by atoms with Gasteiger partial charge in [0.2, 0.25) is 23.4 Å². The Morgan fingerprint density at radius 2 is 1.00 bits per heavy atom. The molecule has 44 heavy (non-hydrogen) atoms. The van der Waals surface area contributed by atoms with Crippen LogP contribution in [0.25, 0.3) is 0 Å². The summed E-state index contributed by atoms with van der Waals surface area (Å²) in [6, 6.07) is -2.59. The predicted octanol–water partition coefficient (Wildman–Crippen LogP) is -16.4. The number of aliphatic hydroxyl groups excluding tert-OH is 8. The fraction of sp³-hybridized carbons (Fsp3) is 0.818. The predicted molar refractivity (Wildman–Crippen MR) is 124 cm³/mol. The van der Waals surface area contributed by atoms with Crippen LogP contribution in [0.15, 0.2) is 0 Å². The van der Waals surface area contributed by atoms with E-state index in [0.29, 0.717) is 0 Å². The quantitative estimate of drug-likeness (QED) is 0.0966. The van der Waals surface area contributed by atoms with Gasteiger partial charge in [0.15, 0.2) is 0 Å². The Kier molecular flexibility index (Phi) is 19.9. The van der Waals surface area contributed by atoms with Gasteiger partial charge in [0.05, 0.1) is 37.5 Å². The number of hydrogen-bond donors (Lipinski definition) is 12. The van der Waals surface area contributed by atoms with Crippen molar-refractivity contribution in [3.63, 3.8) is 0 Å². The summed E-state index contributed by atoms with van der Waals surface area (Å²) >= 11 is 0. The number of carboxylic acid groups (broad SMARTS) is 2. The molecule has 2 rings (SSSR count). The Hall–Kier alpha value is -0.600. The first-order valence-electron chi connectivity index (χ1n) is 12.3. The molecule has 2 amide bonds. The Balaban J connectivity index is 0.